The fourth-order valence-corrected chi connectivity index (χ4v) is 3.35. The number of H-pyrrole nitrogens is 1. The summed E-state index contributed by atoms with van der Waals surface area (Å²) >= 11 is 0. The summed E-state index contributed by atoms with van der Waals surface area (Å²) in [5.74, 6) is 0. The van der Waals surface area contributed by atoms with Crippen LogP contribution in [0.3, 0.4) is 0 Å². The Morgan fingerprint density at radius 1 is 0.917 bits per heavy atom. The summed E-state index contributed by atoms with van der Waals surface area (Å²) in [7, 11) is 0. The van der Waals surface area contributed by atoms with Gasteiger partial charge in [-0.1, -0.05) is 70.1 Å². The number of nitrogens with one attached hydrogen (secondary N) is 1. The molecule has 0 fully saturated rings. The molecule has 0 saturated carbocycles. The van der Waals surface area contributed by atoms with Crippen molar-refractivity contribution in [1.29, 1.82) is 0 Å². The van der Waals surface area contributed by atoms with Crippen LogP contribution < -0.4 is 5.56 Å². The van der Waals surface area contributed by atoms with Crippen LogP contribution in [0, 0.1) is 13.8 Å². The summed E-state index contributed by atoms with van der Waals surface area (Å²) in [6.45, 7) is 6.35. The first-order valence-electron chi connectivity index (χ1n) is 9.51. The van der Waals surface area contributed by atoms with Gasteiger partial charge in [-0.3, -0.25) is 9.89 Å². The van der Waals surface area contributed by atoms with Gasteiger partial charge in [-0.25, -0.2) is 4.68 Å². The summed E-state index contributed by atoms with van der Waals surface area (Å²) in [6.07, 6.45) is 11.4. The second-order valence-electron chi connectivity index (χ2n) is 6.92. The molecule has 3 heteroatoms. The molecule has 0 bridgehead atoms. The second kappa shape index (κ2) is 9.51. The summed E-state index contributed by atoms with van der Waals surface area (Å²) < 4.78 is 1.70. The number of unbranched alkanes of at least 4 members (excludes halogenated alkanes) is 7. The monoisotopic (exact) mass is 328 g/mol. The molecule has 0 radical (unpaired) electrons. The van der Waals surface area contributed by atoms with E-state index in [1.54, 1.807) is 10.7 Å². The molecule has 0 atom stereocenters. The average molecular weight is 328 g/mol. The molecule has 1 heterocycles. The van der Waals surface area contributed by atoms with Gasteiger partial charge in [-0.05, 0) is 37.8 Å². The van der Waals surface area contributed by atoms with Crippen LogP contribution in [-0.2, 0) is 6.42 Å². The van der Waals surface area contributed by atoms with Gasteiger partial charge in [-0.15, -0.1) is 0 Å². The zero-order chi connectivity index (χ0) is 17.4. The minimum Gasteiger partial charge on any atom is -0.295 e. The van der Waals surface area contributed by atoms with Crippen LogP contribution in [0.2, 0.25) is 0 Å². The Balaban J connectivity index is 1.85. The van der Waals surface area contributed by atoms with Gasteiger partial charge in [0.1, 0.15) is 0 Å². The van der Waals surface area contributed by atoms with E-state index in [-0.39, 0.29) is 5.56 Å². The number of rotatable bonds is 10. The lowest BCUT2D eigenvalue weighted by Crippen LogP contribution is -2.15. The zero-order valence-electron chi connectivity index (χ0n) is 15.5. The first-order valence-corrected chi connectivity index (χ1v) is 9.51. The number of benzene rings is 1. The molecule has 0 amide bonds. The molecular weight excluding hydrogens is 296 g/mol. The van der Waals surface area contributed by atoms with Gasteiger partial charge in [0.15, 0.2) is 0 Å². The van der Waals surface area contributed by atoms with E-state index in [1.807, 2.05) is 32.0 Å². The van der Waals surface area contributed by atoms with Crippen molar-refractivity contribution in [3.05, 3.63) is 51.4 Å². The van der Waals surface area contributed by atoms with E-state index in [9.17, 15) is 4.79 Å². The standard InChI is InChI=1S/C21H32N2O/c1-4-5-6-7-8-9-10-11-15-19-16-20(24)23(22-19)21-17(2)13-12-14-18(21)3/h12-14,16,22H,4-11,15H2,1-3H3. The number of aromatic nitrogens is 2. The zero-order valence-corrected chi connectivity index (χ0v) is 15.5. The molecule has 0 saturated heterocycles. The molecule has 0 unspecified atom stereocenters. The van der Waals surface area contributed by atoms with E-state index in [0.29, 0.717) is 0 Å². The van der Waals surface area contributed by atoms with Crippen LogP contribution in [-0.4, -0.2) is 9.78 Å². The molecule has 3 nitrogen and oxygen atoms in total. The van der Waals surface area contributed by atoms with Crippen LogP contribution in [0.15, 0.2) is 29.1 Å². The van der Waals surface area contributed by atoms with Crippen molar-refractivity contribution in [3.8, 4) is 5.69 Å². The van der Waals surface area contributed by atoms with E-state index in [2.05, 4.69) is 12.0 Å². The van der Waals surface area contributed by atoms with Gasteiger partial charge < -0.3 is 0 Å². The predicted octanol–water partition coefficient (Wildman–Crippen LogP) is 5.47. The quantitative estimate of drug-likeness (QED) is 0.577. The predicted molar refractivity (Wildman–Crippen MR) is 102 cm³/mol. The van der Waals surface area contributed by atoms with Gasteiger partial charge in [0.25, 0.3) is 5.56 Å². The molecule has 0 spiro atoms. The molecule has 2 rings (SSSR count). The van der Waals surface area contributed by atoms with Gasteiger partial charge >= 0.3 is 0 Å². The van der Waals surface area contributed by atoms with Crippen LogP contribution in [0.5, 0.6) is 0 Å². The minimum atomic E-state index is 0.0435. The Bertz CT molecular complexity index is 661. The van der Waals surface area contributed by atoms with Gasteiger partial charge in [0, 0.05) is 11.8 Å². The number of aryl methyl sites for hydroxylation is 3. The van der Waals surface area contributed by atoms with Crippen LogP contribution >= 0.6 is 0 Å². The van der Waals surface area contributed by atoms with E-state index in [1.165, 1.54) is 44.9 Å². The fourth-order valence-electron chi connectivity index (χ4n) is 3.35. The third-order valence-corrected chi connectivity index (χ3v) is 4.74. The maximum absolute atomic E-state index is 12.3. The Morgan fingerprint density at radius 3 is 2.12 bits per heavy atom. The van der Waals surface area contributed by atoms with Crippen molar-refractivity contribution in [2.45, 2.75) is 78.6 Å². The molecule has 2 aromatic rings. The highest BCUT2D eigenvalue weighted by molar-refractivity contribution is 5.46. The molecule has 132 valence electrons. The van der Waals surface area contributed by atoms with Crippen molar-refractivity contribution in [2.24, 2.45) is 0 Å². The maximum Gasteiger partial charge on any atom is 0.271 e. The largest absolute Gasteiger partial charge is 0.295 e. The molecular formula is C21H32N2O. The number of hydrogen-bond acceptors (Lipinski definition) is 1. The van der Waals surface area contributed by atoms with Gasteiger partial charge in [0.05, 0.1) is 5.69 Å². The Morgan fingerprint density at radius 2 is 1.50 bits per heavy atom. The van der Waals surface area contributed by atoms with E-state index >= 15 is 0 Å². The first kappa shape index (κ1) is 18.6. The minimum absolute atomic E-state index is 0.0435. The van der Waals surface area contributed by atoms with Crippen LogP contribution in [0.1, 0.15) is 75.1 Å². The number of hydrogen-bond donors (Lipinski definition) is 1. The Hall–Kier alpha value is -1.77. The Kier molecular flexibility index (Phi) is 7.36. The lowest BCUT2D eigenvalue weighted by atomic mass is 10.1. The molecule has 0 aliphatic carbocycles. The molecule has 24 heavy (non-hydrogen) atoms. The molecule has 1 aromatic carbocycles. The summed E-state index contributed by atoms with van der Waals surface area (Å²) in [5, 5.41) is 3.30. The van der Waals surface area contributed by atoms with Crippen molar-refractivity contribution < 1.29 is 0 Å². The van der Waals surface area contributed by atoms with E-state index < -0.39 is 0 Å². The molecule has 0 aliphatic heterocycles. The highest BCUT2D eigenvalue weighted by atomic mass is 16.1. The maximum atomic E-state index is 12.3. The highest BCUT2D eigenvalue weighted by Crippen LogP contribution is 2.17. The lowest BCUT2D eigenvalue weighted by molar-refractivity contribution is 0.573. The Labute approximate surface area is 146 Å². The topological polar surface area (TPSA) is 37.8 Å². The summed E-state index contributed by atoms with van der Waals surface area (Å²) in [5.41, 5.74) is 4.33. The highest BCUT2D eigenvalue weighted by Gasteiger charge is 2.09. The van der Waals surface area contributed by atoms with Crippen LogP contribution in [0.4, 0.5) is 0 Å². The lowest BCUT2D eigenvalue weighted by Gasteiger charge is -2.09. The van der Waals surface area contributed by atoms with Gasteiger partial charge in [-0.2, -0.15) is 0 Å². The third kappa shape index (κ3) is 5.12. The third-order valence-electron chi connectivity index (χ3n) is 4.74. The van der Waals surface area contributed by atoms with E-state index in [4.69, 9.17) is 0 Å². The average Bonchev–Trinajstić information content (AvgIpc) is 2.90. The van der Waals surface area contributed by atoms with Crippen molar-refractivity contribution in [1.82, 2.24) is 9.78 Å². The summed E-state index contributed by atoms with van der Waals surface area (Å²) in [4.78, 5) is 12.3. The van der Waals surface area contributed by atoms with Gasteiger partial charge in [0.2, 0.25) is 0 Å². The number of nitrogens with zero attached hydrogens (tertiary/aromatic N) is 1. The summed E-state index contributed by atoms with van der Waals surface area (Å²) in [6, 6.07) is 7.89. The normalized spacial score (nSPS) is 11.1. The van der Waals surface area contributed by atoms with Crippen molar-refractivity contribution in [3.63, 3.8) is 0 Å². The molecule has 1 N–H and O–H groups in total. The fraction of sp³-hybridized carbons (Fsp3) is 0.571. The van der Waals surface area contributed by atoms with E-state index in [0.717, 1.165) is 35.3 Å². The van der Waals surface area contributed by atoms with Crippen LogP contribution in [0.25, 0.3) is 5.69 Å². The number of aromatic amines is 1. The molecule has 0 aliphatic rings. The first-order chi connectivity index (χ1) is 11.6. The van der Waals surface area contributed by atoms with Crippen molar-refractivity contribution >= 4 is 0 Å². The van der Waals surface area contributed by atoms with Crippen molar-refractivity contribution in [2.75, 3.05) is 0 Å². The molecule has 1 aromatic heterocycles. The smallest absolute Gasteiger partial charge is 0.271 e. The SMILES string of the molecule is CCCCCCCCCCc1cc(=O)n(-c2c(C)cccc2C)[nH]1. The number of para-hydroxylation sites is 1. The second-order valence-corrected chi connectivity index (χ2v) is 6.92.